The van der Waals surface area contributed by atoms with Crippen LogP contribution in [0.3, 0.4) is 0 Å². The molecule has 0 unspecified atom stereocenters. The van der Waals surface area contributed by atoms with Crippen molar-refractivity contribution in [2.75, 3.05) is 6.54 Å². The molecule has 1 saturated heterocycles. The highest BCUT2D eigenvalue weighted by Crippen LogP contribution is 2.12. The minimum absolute atomic E-state index is 1.12. The van der Waals surface area contributed by atoms with Crippen LogP contribution in [-0.2, 0) is 0 Å². The Morgan fingerprint density at radius 2 is 1.74 bits per heavy atom. The lowest BCUT2D eigenvalue weighted by Gasteiger charge is -2.17. The fourth-order valence-corrected chi connectivity index (χ4v) is 3.24. The van der Waals surface area contributed by atoms with E-state index >= 15 is 0 Å². The average Bonchev–Trinajstić information content (AvgIpc) is 2.86. The fraction of sp³-hybridized carbons (Fsp3) is 0.222. The SMILES string of the molecule is C1=c2ccccc2=c2c1cccc2=C1CCCCN1. The number of fused-ring (bicyclic) bond motifs is 2. The summed E-state index contributed by atoms with van der Waals surface area (Å²) in [5, 5.41) is 9.15. The van der Waals surface area contributed by atoms with Crippen molar-refractivity contribution in [2.24, 2.45) is 0 Å². The van der Waals surface area contributed by atoms with E-state index in [1.807, 2.05) is 0 Å². The lowest BCUT2D eigenvalue weighted by Crippen LogP contribution is -2.26. The van der Waals surface area contributed by atoms with Gasteiger partial charge in [0, 0.05) is 17.5 Å². The van der Waals surface area contributed by atoms with E-state index in [9.17, 15) is 0 Å². The van der Waals surface area contributed by atoms with E-state index in [1.165, 1.54) is 51.4 Å². The largest absolute Gasteiger partial charge is 0.388 e. The molecule has 0 atom stereocenters. The smallest absolute Gasteiger partial charge is 0.0187 e. The van der Waals surface area contributed by atoms with Gasteiger partial charge in [-0.3, -0.25) is 0 Å². The zero-order chi connectivity index (χ0) is 12.7. The molecule has 94 valence electrons. The maximum Gasteiger partial charge on any atom is 0.0187 e. The van der Waals surface area contributed by atoms with E-state index in [2.05, 4.69) is 53.9 Å². The third-order valence-electron chi connectivity index (χ3n) is 4.15. The van der Waals surface area contributed by atoms with E-state index in [1.54, 1.807) is 0 Å². The zero-order valence-corrected chi connectivity index (χ0v) is 10.9. The molecular formula is C18H17N. The maximum absolute atomic E-state index is 3.60. The van der Waals surface area contributed by atoms with Crippen molar-refractivity contribution in [3.8, 4) is 0 Å². The molecule has 19 heavy (non-hydrogen) atoms. The van der Waals surface area contributed by atoms with E-state index in [0.717, 1.165) is 6.54 Å². The molecule has 4 rings (SSSR count). The molecule has 1 aliphatic carbocycles. The monoisotopic (exact) mass is 247 g/mol. The minimum atomic E-state index is 1.12. The molecule has 2 aliphatic rings. The van der Waals surface area contributed by atoms with Crippen LogP contribution in [0.2, 0.25) is 0 Å². The number of hydrogen-bond donors (Lipinski definition) is 1. The van der Waals surface area contributed by atoms with Gasteiger partial charge in [0.15, 0.2) is 0 Å². The number of rotatable bonds is 0. The van der Waals surface area contributed by atoms with Crippen LogP contribution in [0.4, 0.5) is 0 Å². The van der Waals surface area contributed by atoms with Crippen molar-refractivity contribution in [1.82, 2.24) is 5.32 Å². The van der Waals surface area contributed by atoms with Crippen molar-refractivity contribution in [1.29, 1.82) is 0 Å². The summed E-state index contributed by atoms with van der Waals surface area (Å²) in [5.41, 5.74) is 2.78. The predicted molar refractivity (Wildman–Crippen MR) is 78.6 cm³/mol. The molecule has 0 spiro atoms. The fourth-order valence-electron chi connectivity index (χ4n) is 3.24. The summed E-state index contributed by atoms with van der Waals surface area (Å²) in [7, 11) is 0. The van der Waals surface area contributed by atoms with E-state index < -0.39 is 0 Å². The van der Waals surface area contributed by atoms with Crippen LogP contribution in [0.5, 0.6) is 0 Å². The summed E-state index contributed by atoms with van der Waals surface area (Å²) in [6.07, 6.45) is 6.08. The summed E-state index contributed by atoms with van der Waals surface area (Å²) in [4.78, 5) is 0. The second-order valence-corrected chi connectivity index (χ2v) is 5.36. The van der Waals surface area contributed by atoms with Gasteiger partial charge in [0.25, 0.3) is 0 Å². The molecule has 1 N–H and O–H groups in total. The lowest BCUT2D eigenvalue weighted by molar-refractivity contribution is 0.641. The quantitative estimate of drug-likeness (QED) is 0.640. The normalized spacial score (nSPS) is 19.2. The highest BCUT2D eigenvalue weighted by atomic mass is 14.9. The number of piperidine rings is 1. The molecule has 0 bridgehead atoms. The van der Waals surface area contributed by atoms with Gasteiger partial charge in [0.1, 0.15) is 0 Å². The second kappa shape index (κ2) is 4.27. The minimum Gasteiger partial charge on any atom is -0.388 e. The Balaban J connectivity index is 2.19. The summed E-state index contributed by atoms with van der Waals surface area (Å²) in [5.74, 6) is 0. The molecule has 0 amide bonds. The van der Waals surface area contributed by atoms with Gasteiger partial charge in [-0.1, -0.05) is 42.5 Å². The third-order valence-corrected chi connectivity index (χ3v) is 4.15. The maximum atomic E-state index is 3.60. The highest BCUT2D eigenvalue weighted by molar-refractivity contribution is 5.58. The molecule has 2 aromatic carbocycles. The van der Waals surface area contributed by atoms with E-state index in [-0.39, 0.29) is 0 Å². The van der Waals surface area contributed by atoms with Crippen molar-refractivity contribution < 1.29 is 0 Å². The lowest BCUT2D eigenvalue weighted by atomic mass is 10.0. The first-order valence-electron chi connectivity index (χ1n) is 7.11. The van der Waals surface area contributed by atoms with Crippen LogP contribution in [-0.4, -0.2) is 6.54 Å². The Labute approximate surface area is 112 Å². The average molecular weight is 247 g/mol. The Hall–Kier alpha value is -2.02. The molecule has 0 aromatic heterocycles. The Kier molecular flexibility index (Phi) is 2.44. The van der Waals surface area contributed by atoms with Gasteiger partial charge >= 0.3 is 0 Å². The van der Waals surface area contributed by atoms with E-state index in [0.29, 0.717) is 0 Å². The van der Waals surface area contributed by atoms with Crippen molar-refractivity contribution >= 4 is 11.8 Å². The van der Waals surface area contributed by atoms with Crippen molar-refractivity contribution in [3.05, 3.63) is 68.9 Å². The van der Waals surface area contributed by atoms with Crippen LogP contribution in [0.1, 0.15) is 24.8 Å². The van der Waals surface area contributed by atoms with Gasteiger partial charge in [-0.15, -0.1) is 0 Å². The number of benzene rings is 2. The van der Waals surface area contributed by atoms with Gasteiger partial charge < -0.3 is 5.32 Å². The number of nitrogens with one attached hydrogen (secondary N) is 1. The first-order chi connectivity index (χ1) is 9.43. The van der Waals surface area contributed by atoms with Gasteiger partial charge in [-0.25, -0.2) is 0 Å². The van der Waals surface area contributed by atoms with Crippen LogP contribution in [0, 0.1) is 10.4 Å². The third kappa shape index (κ3) is 1.69. The second-order valence-electron chi connectivity index (χ2n) is 5.36. The predicted octanol–water partition coefficient (Wildman–Crippen LogP) is 2.00. The van der Waals surface area contributed by atoms with Gasteiger partial charge in [-0.2, -0.15) is 0 Å². The van der Waals surface area contributed by atoms with Crippen LogP contribution < -0.4 is 15.8 Å². The van der Waals surface area contributed by atoms with Crippen LogP contribution >= 0.6 is 0 Å². The molecule has 1 heteroatoms. The molecule has 0 radical (unpaired) electrons. The first kappa shape index (κ1) is 10.9. The number of hydrogen-bond acceptors (Lipinski definition) is 1. The van der Waals surface area contributed by atoms with Gasteiger partial charge in [0.2, 0.25) is 0 Å². The molecule has 1 fully saturated rings. The molecule has 2 aromatic rings. The molecule has 1 aliphatic heterocycles. The summed E-state index contributed by atoms with van der Waals surface area (Å²) < 4.78 is 0. The first-order valence-corrected chi connectivity index (χ1v) is 7.11. The van der Waals surface area contributed by atoms with Crippen molar-refractivity contribution in [3.63, 3.8) is 0 Å². The molecule has 1 heterocycles. The van der Waals surface area contributed by atoms with Crippen LogP contribution in [0.15, 0.2) is 42.5 Å². The van der Waals surface area contributed by atoms with Gasteiger partial charge in [-0.05, 0) is 46.6 Å². The van der Waals surface area contributed by atoms with E-state index in [4.69, 9.17) is 0 Å². The Bertz CT molecular complexity index is 838. The Morgan fingerprint density at radius 3 is 2.63 bits per heavy atom. The summed E-state index contributed by atoms with van der Waals surface area (Å²) in [6.45, 7) is 1.12. The Morgan fingerprint density at radius 1 is 0.842 bits per heavy atom. The van der Waals surface area contributed by atoms with Crippen LogP contribution in [0.25, 0.3) is 11.8 Å². The van der Waals surface area contributed by atoms with Gasteiger partial charge in [0.05, 0.1) is 0 Å². The molecule has 0 saturated carbocycles. The summed E-state index contributed by atoms with van der Waals surface area (Å²) in [6, 6.07) is 15.4. The topological polar surface area (TPSA) is 12.0 Å². The molecular weight excluding hydrogens is 230 g/mol. The highest BCUT2D eigenvalue weighted by Gasteiger charge is 2.08. The zero-order valence-electron chi connectivity index (χ0n) is 10.9. The van der Waals surface area contributed by atoms with Crippen molar-refractivity contribution in [2.45, 2.75) is 19.3 Å². The summed E-state index contributed by atoms with van der Waals surface area (Å²) >= 11 is 0. The molecule has 1 nitrogen and oxygen atoms in total. The standard InChI is InChI=1S/C18H17N/c1-2-8-15-13(6-1)12-14-7-5-9-16(18(14)15)17-10-3-4-11-19-17/h1-2,5-9,12,19H,3-4,10-11H2.